The van der Waals surface area contributed by atoms with E-state index < -0.39 is 0 Å². The average Bonchev–Trinajstić information content (AvgIpc) is 2.21. The van der Waals surface area contributed by atoms with Crippen molar-refractivity contribution >= 4 is 0 Å². The number of ether oxygens (including phenoxy) is 1. The van der Waals surface area contributed by atoms with E-state index in [9.17, 15) is 0 Å². The van der Waals surface area contributed by atoms with Gasteiger partial charge in [-0.2, -0.15) is 0 Å². The quantitative estimate of drug-likeness (QED) is 0.769. The Labute approximate surface area is 108 Å². The molecule has 0 aromatic heterocycles. The molecule has 0 aromatic carbocycles. The van der Waals surface area contributed by atoms with Crippen molar-refractivity contribution < 1.29 is 4.74 Å². The maximum Gasteiger partial charge on any atom is 0.0753 e. The van der Waals surface area contributed by atoms with Gasteiger partial charge in [-0.1, -0.05) is 34.6 Å². The predicted molar refractivity (Wildman–Crippen MR) is 74.2 cm³/mol. The monoisotopic (exact) mass is 241 g/mol. The second-order valence-electron chi connectivity index (χ2n) is 6.24. The van der Waals surface area contributed by atoms with Crippen molar-refractivity contribution in [3.63, 3.8) is 0 Å². The van der Waals surface area contributed by atoms with Gasteiger partial charge in [-0.25, -0.2) is 0 Å². The molecule has 1 fully saturated rings. The van der Waals surface area contributed by atoms with Gasteiger partial charge in [0.05, 0.1) is 6.10 Å². The summed E-state index contributed by atoms with van der Waals surface area (Å²) in [6, 6.07) is 0.561. The first-order valence-electron chi connectivity index (χ1n) is 7.39. The third kappa shape index (κ3) is 4.97. The molecule has 17 heavy (non-hydrogen) atoms. The Hall–Kier alpha value is -0.0800. The van der Waals surface area contributed by atoms with Crippen LogP contribution in [-0.4, -0.2) is 25.3 Å². The van der Waals surface area contributed by atoms with Crippen molar-refractivity contribution in [1.82, 2.24) is 5.32 Å². The molecule has 0 saturated heterocycles. The summed E-state index contributed by atoms with van der Waals surface area (Å²) in [6.45, 7) is 13.4. The molecule has 0 aliphatic heterocycles. The molecule has 0 spiro atoms. The van der Waals surface area contributed by atoms with Gasteiger partial charge < -0.3 is 10.1 Å². The lowest BCUT2D eigenvalue weighted by atomic mass is 9.78. The van der Waals surface area contributed by atoms with Crippen LogP contribution in [0.2, 0.25) is 0 Å². The van der Waals surface area contributed by atoms with E-state index in [1.54, 1.807) is 0 Å². The van der Waals surface area contributed by atoms with Gasteiger partial charge >= 0.3 is 0 Å². The topological polar surface area (TPSA) is 21.3 Å². The molecule has 0 aromatic rings. The zero-order valence-electron chi connectivity index (χ0n) is 12.3. The van der Waals surface area contributed by atoms with Gasteiger partial charge in [0.15, 0.2) is 0 Å². The molecule has 1 rings (SSSR count). The predicted octanol–water partition coefficient (Wildman–Crippen LogP) is 3.46. The molecule has 0 heterocycles. The summed E-state index contributed by atoms with van der Waals surface area (Å²) >= 11 is 0. The molecule has 1 saturated carbocycles. The van der Waals surface area contributed by atoms with E-state index in [2.05, 4.69) is 39.9 Å². The van der Waals surface area contributed by atoms with Crippen LogP contribution in [0.25, 0.3) is 0 Å². The molecule has 4 unspecified atom stereocenters. The molecule has 1 aliphatic carbocycles. The Morgan fingerprint density at radius 1 is 1.24 bits per heavy atom. The number of hydrogen-bond acceptors (Lipinski definition) is 2. The van der Waals surface area contributed by atoms with E-state index >= 15 is 0 Å². The molecule has 4 atom stereocenters. The standard InChI is InChI=1S/C15H31NO/c1-6-16-14-10-12(4)9-13(5)15(14)17-8-7-11(2)3/h11-16H,6-10H2,1-5H3. The second kappa shape index (κ2) is 7.38. The molecule has 2 nitrogen and oxygen atoms in total. The van der Waals surface area contributed by atoms with E-state index in [0.717, 1.165) is 25.0 Å². The Bertz CT molecular complexity index is 205. The van der Waals surface area contributed by atoms with Gasteiger partial charge in [0.2, 0.25) is 0 Å². The van der Waals surface area contributed by atoms with Crippen LogP contribution < -0.4 is 5.32 Å². The van der Waals surface area contributed by atoms with Crippen molar-refractivity contribution in [2.75, 3.05) is 13.2 Å². The highest BCUT2D eigenvalue weighted by Crippen LogP contribution is 2.31. The van der Waals surface area contributed by atoms with Crippen LogP contribution in [0.1, 0.15) is 53.9 Å². The minimum Gasteiger partial charge on any atom is -0.376 e. The summed E-state index contributed by atoms with van der Waals surface area (Å²) in [4.78, 5) is 0. The number of nitrogens with one attached hydrogen (secondary N) is 1. The van der Waals surface area contributed by atoms with Crippen molar-refractivity contribution in [3.8, 4) is 0 Å². The van der Waals surface area contributed by atoms with Crippen LogP contribution in [0.4, 0.5) is 0 Å². The summed E-state index contributed by atoms with van der Waals surface area (Å²) in [7, 11) is 0. The minimum atomic E-state index is 0.421. The fraction of sp³-hybridized carbons (Fsp3) is 1.00. The van der Waals surface area contributed by atoms with Crippen molar-refractivity contribution in [3.05, 3.63) is 0 Å². The lowest BCUT2D eigenvalue weighted by molar-refractivity contribution is -0.0405. The summed E-state index contributed by atoms with van der Waals surface area (Å²) in [5.74, 6) is 2.26. The molecule has 0 bridgehead atoms. The van der Waals surface area contributed by atoms with Gasteiger partial charge in [0.25, 0.3) is 0 Å². The lowest BCUT2D eigenvalue weighted by Gasteiger charge is -2.40. The van der Waals surface area contributed by atoms with Crippen molar-refractivity contribution in [2.24, 2.45) is 17.8 Å². The van der Waals surface area contributed by atoms with Crippen molar-refractivity contribution in [1.29, 1.82) is 0 Å². The molecule has 0 radical (unpaired) electrons. The fourth-order valence-corrected chi connectivity index (χ4v) is 3.01. The summed E-state index contributed by atoms with van der Waals surface area (Å²) < 4.78 is 6.16. The Balaban J connectivity index is 2.45. The molecule has 0 amide bonds. The zero-order chi connectivity index (χ0) is 12.8. The number of likely N-dealkylation sites (N-methyl/N-ethyl adjacent to an activating group) is 1. The van der Waals surface area contributed by atoms with E-state index in [1.807, 2.05) is 0 Å². The zero-order valence-corrected chi connectivity index (χ0v) is 12.3. The Morgan fingerprint density at radius 2 is 1.94 bits per heavy atom. The normalized spacial score (nSPS) is 34.2. The smallest absolute Gasteiger partial charge is 0.0753 e. The maximum atomic E-state index is 6.16. The number of hydrogen-bond donors (Lipinski definition) is 1. The van der Waals surface area contributed by atoms with Gasteiger partial charge in [-0.05, 0) is 43.6 Å². The van der Waals surface area contributed by atoms with Crippen molar-refractivity contribution in [2.45, 2.75) is 66.0 Å². The largest absolute Gasteiger partial charge is 0.376 e. The first kappa shape index (κ1) is 15.0. The summed E-state index contributed by atoms with van der Waals surface area (Å²) in [5, 5.41) is 3.61. The highest BCUT2D eigenvalue weighted by Gasteiger charge is 2.33. The fourth-order valence-electron chi connectivity index (χ4n) is 3.01. The van der Waals surface area contributed by atoms with E-state index in [-0.39, 0.29) is 0 Å². The van der Waals surface area contributed by atoms with Crippen LogP contribution in [0.3, 0.4) is 0 Å². The highest BCUT2D eigenvalue weighted by atomic mass is 16.5. The molecular weight excluding hydrogens is 210 g/mol. The molecular formula is C15H31NO. The number of rotatable bonds is 6. The molecule has 1 aliphatic rings. The third-order valence-electron chi connectivity index (χ3n) is 3.86. The SMILES string of the molecule is CCNC1CC(C)CC(C)C1OCCC(C)C. The van der Waals surface area contributed by atoms with Gasteiger partial charge in [-0.3, -0.25) is 0 Å². The lowest BCUT2D eigenvalue weighted by Crippen LogP contribution is -2.49. The highest BCUT2D eigenvalue weighted by molar-refractivity contribution is 4.88. The average molecular weight is 241 g/mol. The van der Waals surface area contributed by atoms with Crippen LogP contribution in [0.15, 0.2) is 0 Å². The van der Waals surface area contributed by atoms with Gasteiger partial charge in [0.1, 0.15) is 0 Å². The maximum absolute atomic E-state index is 6.16. The minimum absolute atomic E-state index is 0.421. The van der Waals surface area contributed by atoms with E-state index in [1.165, 1.54) is 19.3 Å². The first-order valence-corrected chi connectivity index (χ1v) is 7.39. The summed E-state index contributed by atoms with van der Waals surface area (Å²) in [5.41, 5.74) is 0. The molecule has 1 N–H and O–H groups in total. The third-order valence-corrected chi connectivity index (χ3v) is 3.86. The molecule has 2 heteroatoms. The molecule has 102 valence electrons. The van der Waals surface area contributed by atoms with Crippen LogP contribution >= 0.6 is 0 Å². The van der Waals surface area contributed by atoms with Crippen LogP contribution in [0, 0.1) is 17.8 Å². The second-order valence-corrected chi connectivity index (χ2v) is 6.24. The van der Waals surface area contributed by atoms with Crippen LogP contribution in [0.5, 0.6) is 0 Å². The van der Waals surface area contributed by atoms with E-state index in [4.69, 9.17) is 4.74 Å². The van der Waals surface area contributed by atoms with E-state index in [0.29, 0.717) is 18.1 Å². The first-order chi connectivity index (χ1) is 8.04. The Kier molecular flexibility index (Phi) is 6.50. The summed E-state index contributed by atoms with van der Waals surface area (Å²) in [6.07, 6.45) is 4.18. The van der Waals surface area contributed by atoms with Crippen LogP contribution in [-0.2, 0) is 4.74 Å². The Morgan fingerprint density at radius 3 is 2.53 bits per heavy atom. The van der Waals surface area contributed by atoms with Gasteiger partial charge in [0, 0.05) is 12.6 Å². The van der Waals surface area contributed by atoms with Gasteiger partial charge in [-0.15, -0.1) is 0 Å².